The SMILES string of the molecule is Cc1ccc(-c2c(CN)nnn2CCCc2ccccc2)cc1. The Morgan fingerprint density at radius 1 is 1.00 bits per heavy atom. The molecule has 1 heterocycles. The van der Waals surface area contributed by atoms with Crippen LogP contribution in [0.1, 0.15) is 23.2 Å². The summed E-state index contributed by atoms with van der Waals surface area (Å²) in [5.74, 6) is 0. The topological polar surface area (TPSA) is 56.7 Å². The van der Waals surface area contributed by atoms with Crippen molar-refractivity contribution in [3.05, 3.63) is 71.4 Å². The fourth-order valence-corrected chi connectivity index (χ4v) is 2.75. The van der Waals surface area contributed by atoms with Crippen LogP contribution in [-0.2, 0) is 19.5 Å². The Kier molecular flexibility index (Phi) is 4.83. The maximum Gasteiger partial charge on any atom is 0.104 e. The van der Waals surface area contributed by atoms with E-state index in [4.69, 9.17) is 5.73 Å². The first-order chi connectivity index (χ1) is 11.3. The molecule has 0 amide bonds. The van der Waals surface area contributed by atoms with Crippen LogP contribution in [0, 0.1) is 6.92 Å². The van der Waals surface area contributed by atoms with Crippen molar-refractivity contribution < 1.29 is 0 Å². The highest BCUT2D eigenvalue weighted by molar-refractivity contribution is 5.62. The highest BCUT2D eigenvalue weighted by Gasteiger charge is 2.13. The van der Waals surface area contributed by atoms with Crippen LogP contribution < -0.4 is 5.73 Å². The average Bonchev–Trinajstić information content (AvgIpc) is 2.99. The van der Waals surface area contributed by atoms with Crippen molar-refractivity contribution in [2.45, 2.75) is 32.9 Å². The van der Waals surface area contributed by atoms with Gasteiger partial charge in [0.15, 0.2) is 0 Å². The van der Waals surface area contributed by atoms with Crippen LogP contribution in [0.2, 0.25) is 0 Å². The Balaban J connectivity index is 1.77. The molecule has 2 N–H and O–H groups in total. The van der Waals surface area contributed by atoms with Gasteiger partial charge in [0.25, 0.3) is 0 Å². The molecule has 3 rings (SSSR count). The van der Waals surface area contributed by atoms with Crippen LogP contribution in [0.15, 0.2) is 54.6 Å². The van der Waals surface area contributed by atoms with Crippen LogP contribution in [-0.4, -0.2) is 15.0 Å². The Morgan fingerprint density at radius 2 is 1.74 bits per heavy atom. The van der Waals surface area contributed by atoms with Gasteiger partial charge in [0, 0.05) is 18.7 Å². The summed E-state index contributed by atoms with van der Waals surface area (Å²) in [5, 5.41) is 8.55. The number of aryl methyl sites for hydroxylation is 3. The molecule has 0 atom stereocenters. The molecule has 3 aromatic rings. The van der Waals surface area contributed by atoms with Crippen molar-refractivity contribution in [3.63, 3.8) is 0 Å². The van der Waals surface area contributed by atoms with E-state index in [2.05, 4.69) is 65.8 Å². The van der Waals surface area contributed by atoms with Crippen molar-refractivity contribution in [2.24, 2.45) is 5.73 Å². The molecule has 118 valence electrons. The summed E-state index contributed by atoms with van der Waals surface area (Å²) in [5.41, 5.74) is 11.5. The molecule has 0 saturated carbocycles. The predicted octanol–water partition coefficient (Wildman–Crippen LogP) is 3.35. The second kappa shape index (κ2) is 7.20. The first kappa shape index (κ1) is 15.4. The molecule has 4 nitrogen and oxygen atoms in total. The number of nitrogens with zero attached hydrogens (tertiary/aromatic N) is 3. The van der Waals surface area contributed by atoms with Crippen molar-refractivity contribution in [1.29, 1.82) is 0 Å². The van der Waals surface area contributed by atoms with Gasteiger partial charge >= 0.3 is 0 Å². The van der Waals surface area contributed by atoms with Gasteiger partial charge in [-0.3, -0.25) is 0 Å². The minimum absolute atomic E-state index is 0.405. The Morgan fingerprint density at radius 3 is 2.43 bits per heavy atom. The van der Waals surface area contributed by atoms with Crippen molar-refractivity contribution in [1.82, 2.24) is 15.0 Å². The third-order valence-electron chi connectivity index (χ3n) is 4.00. The van der Waals surface area contributed by atoms with Gasteiger partial charge in [0.2, 0.25) is 0 Å². The summed E-state index contributed by atoms with van der Waals surface area (Å²) in [6, 6.07) is 19.0. The molecule has 0 aliphatic rings. The standard InChI is InChI=1S/C19H22N4/c1-15-9-11-17(12-10-15)19-18(14-20)21-22-23(19)13-5-8-16-6-3-2-4-7-16/h2-4,6-7,9-12H,5,8,13-14,20H2,1H3. The van der Waals surface area contributed by atoms with E-state index < -0.39 is 0 Å². The van der Waals surface area contributed by atoms with E-state index in [1.165, 1.54) is 11.1 Å². The Bertz CT molecular complexity index is 745. The van der Waals surface area contributed by atoms with Crippen molar-refractivity contribution >= 4 is 0 Å². The summed E-state index contributed by atoms with van der Waals surface area (Å²) < 4.78 is 1.98. The number of hydrogen-bond acceptors (Lipinski definition) is 3. The zero-order valence-electron chi connectivity index (χ0n) is 13.4. The first-order valence-electron chi connectivity index (χ1n) is 8.01. The third-order valence-corrected chi connectivity index (χ3v) is 4.00. The molecule has 23 heavy (non-hydrogen) atoms. The van der Waals surface area contributed by atoms with Crippen LogP contribution in [0.3, 0.4) is 0 Å². The second-order valence-electron chi connectivity index (χ2n) is 5.77. The van der Waals surface area contributed by atoms with Gasteiger partial charge in [0.05, 0.1) is 5.69 Å². The highest BCUT2D eigenvalue weighted by atomic mass is 15.4. The Labute approximate surface area is 137 Å². The molecule has 0 spiro atoms. The van der Waals surface area contributed by atoms with Crippen LogP contribution in [0.4, 0.5) is 0 Å². The molecule has 2 aromatic carbocycles. The lowest BCUT2D eigenvalue weighted by Gasteiger charge is -2.08. The number of hydrogen-bond donors (Lipinski definition) is 1. The van der Waals surface area contributed by atoms with Gasteiger partial charge in [-0.1, -0.05) is 65.4 Å². The largest absolute Gasteiger partial charge is 0.325 e. The lowest BCUT2D eigenvalue weighted by Crippen LogP contribution is -2.05. The van der Waals surface area contributed by atoms with Crippen LogP contribution >= 0.6 is 0 Å². The highest BCUT2D eigenvalue weighted by Crippen LogP contribution is 2.23. The molecule has 0 fully saturated rings. The van der Waals surface area contributed by atoms with Gasteiger partial charge in [0.1, 0.15) is 5.69 Å². The zero-order valence-corrected chi connectivity index (χ0v) is 13.4. The number of nitrogens with two attached hydrogens (primary N) is 1. The van der Waals surface area contributed by atoms with Gasteiger partial charge < -0.3 is 5.73 Å². The molecule has 0 radical (unpaired) electrons. The average molecular weight is 306 g/mol. The van der Waals surface area contributed by atoms with E-state index in [-0.39, 0.29) is 0 Å². The molecule has 0 bridgehead atoms. The zero-order chi connectivity index (χ0) is 16.1. The van der Waals surface area contributed by atoms with Crippen molar-refractivity contribution in [2.75, 3.05) is 0 Å². The molecule has 0 unspecified atom stereocenters. The fourth-order valence-electron chi connectivity index (χ4n) is 2.75. The van der Waals surface area contributed by atoms with Crippen LogP contribution in [0.25, 0.3) is 11.3 Å². The number of aromatic nitrogens is 3. The van der Waals surface area contributed by atoms with Gasteiger partial charge in [-0.2, -0.15) is 0 Å². The van der Waals surface area contributed by atoms with E-state index in [0.717, 1.165) is 36.3 Å². The van der Waals surface area contributed by atoms with Gasteiger partial charge in [-0.15, -0.1) is 5.10 Å². The minimum Gasteiger partial charge on any atom is -0.325 e. The first-order valence-corrected chi connectivity index (χ1v) is 8.01. The van der Waals surface area contributed by atoms with E-state index in [0.29, 0.717) is 6.54 Å². The monoisotopic (exact) mass is 306 g/mol. The summed E-state index contributed by atoms with van der Waals surface area (Å²) in [7, 11) is 0. The maximum atomic E-state index is 5.84. The number of rotatable bonds is 6. The van der Waals surface area contributed by atoms with E-state index in [1.807, 2.05) is 10.7 Å². The van der Waals surface area contributed by atoms with E-state index in [1.54, 1.807) is 0 Å². The Hall–Kier alpha value is -2.46. The summed E-state index contributed by atoms with van der Waals surface area (Å²) >= 11 is 0. The molecule has 0 aliphatic heterocycles. The smallest absolute Gasteiger partial charge is 0.104 e. The van der Waals surface area contributed by atoms with Gasteiger partial charge in [-0.05, 0) is 25.3 Å². The molecule has 4 heteroatoms. The fraction of sp³-hybridized carbons (Fsp3) is 0.263. The molecule has 0 saturated heterocycles. The molecular formula is C19H22N4. The maximum absolute atomic E-state index is 5.84. The normalized spacial score (nSPS) is 10.9. The molecular weight excluding hydrogens is 284 g/mol. The summed E-state index contributed by atoms with van der Waals surface area (Å²) in [4.78, 5) is 0. The lowest BCUT2D eigenvalue weighted by molar-refractivity contribution is 0.563. The third kappa shape index (κ3) is 3.66. The molecule has 0 aliphatic carbocycles. The van der Waals surface area contributed by atoms with Crippen LogP contribution in [0.5, 0.6) is 0 Å². The van der Waals surface area contributed by atoms with E-state index in [9.17, 15) is 0 Å². The van der Waals surface area contributed by atoms with Crippen molar-refractivity contribution in [3.8, 4) is 11.3 Å². The molecule has 1 aromatic heterocycles. The quantitative estimate of drug-likeness (QED) is 0.760. The second-order valence-corrected chi connectivity index (χ2v) is 5.77. The van der Waals surface area contributed by atoms with E-state index >= 15 is 0 Å². The van der Waals surface area contributed by atoms with Gasteiger partial charge in [-0.25, -0.2) is 4.68 Å². The minimum atomic E-state index is 0.405. The summed E-state index contributed by atoms with van der Waals surface area (Å²) in [6.07, 6.45) is 2.06. The predicted molar refractivity (Wildman–Crippen MR) is 92.8 cm³/mol. The summed E-state index contributed by atoms with van der Waals surface area (Å²) in [6.45, 7) is 3.33. The number of benzene rings is 2. The lowest BCUT2D eigenvalue weighted by atomic mass is 10.1.